The number of unbranched alkanes of at least 4 members (excludes halogenated alkanes) is 14. The van der Waals surface area contributed by atoms with E-state index in [1.807, 2.05) is 0 Å². The fourth-order valence-electron chi connectivity index (χ4n) is 4.96. The fourth-order valence-corrected chi connectivity index (χ4v) is 4.96. The van der Waals surface area contributed by atoms with Crippen LogP contribution in [0.5, 0.6) is 0 Å². The Morgan fingerprint density at radius 2 is 0.750 bits per heavy atom. The van der Waals surface area contributed by atoms with Gasteiger partial charge in [0.25, 0.3) is 0 Å². The molecule has 192 valence electrons. The molecule has 32 heavy (non-hydrogen) atoms. The summed E-state index contributed by atoms with van der Waals surface area (Å²) in [6.45, 7) is 10.3. The summed E-state index contributed by atoms with van der Waals surface area (Å²) in [5.41, 5.74) is 0. The van der Waals surface area contributed by atoms with Gasteiger partial charge in [0.2, 0.25) is 0 Å². The van der Waals surface area contributed by atoms with Gasteiger partial charge in [-0.2, -0.15) is 0 Å². The third-order valence-electron chi connectivity index (χ3n) is 7.18. The minimum atomic E-state index is -0.172. The van der Waals surface area contributed by atoms with Crippen LogP contribution in [0.3, 0.4) is 0 Å². The number of piperazine rings is 1. The van der Waals surface area contributed by atoms with E-state index in [-0.39, 0.29) is 12.2 Å². The number of aliphatic hydroxyl groups excluding tert-OH is 2. The molecule has 2 unspecified atom stereocenters. The van der Waals surface area contributed by atoms with Crippen molar-refractivity contribution in [2.45, 2.75) is 142 Å². The molecule has 0 radical (unpaired) electrons. The minimum absolute atomic E-state index is 0.171. The highest BCUT2D eigenvalue weighted by Crippen LogP contribution is 2.14. The predicted octanol–water partition coefficient (Wildman–Crippen LogP) is 6.39. The second-order valence-electron chi connectivity index (χ2n) is 10.4. The van der Waals surface area contributed by atoms with E-state index in [1.54, 1.807) is 0 Å². The quantitative estimate of drug-likeness (QED) is 0.186. The van der Waals surface area contributed by atoms with E-state index in [9.17, 15) is 10.2 Å². The molecule has 0 aromatic heterocycles. The second-order valence-corrected chi connectivity index (χ2v) is 10.4. The van der Waals surface area contributed by atoms with Crippen molar-refractivity contribution in [3.05, 3.63) is 0 Å². The van der Waals surface area contributed by atoms with E-state index in [4.69, 9.17) is 0 Å². The third kappa shape index (κ3) is 17.3. The summed E-state index contributed by atoms with van der Waals surface area (Å²) in [6.07, 6.45) is 22.9. The standard InChI is InChI=1S/C28H58N2O2/c1-3-5-7-9-10-11-12-13-14-15-16-18-20-28(32)26-30-23-21-29(22-24-30)25-27(31)19-17-8-6-4-2/h27-28,31-32H,3-26H2,1-2H3. The van der Waals surface area contributed by atoms with Gasteiger partial charge in [-0.3, -0.25) is 9.80 Å². The molecule has 1 fully saturated rings. The zero-order valence-electron chi connectivity index (χ0n) is 21.9. The molecule has 4 heteroatoms. The average Bonchev–Trinajstić information content (AvgIpc) is 2.79. The van der Waals surface area contributed by atoms with Gasteiger partial charge in [0.05, 0.1) is 12.2 Å². The van der Waals surface area contributed by atoms with Gasteiger partial charge in [-0.1, -0.05) is 117 Å². The first-order valence-electron chi connectivity index (χ1n) is 14.5. The van der Waals surface area contributed by atoms with Crippen LogP contribution < -0.4 is 0 Å². The molecule has 4 nitrogen and oxygen atoms in total. The van der Waals surface area contributed by atoms with Crippen molar-refractivity contribution in [3.8, 4) is 0 Å². The number of hydrogen-bond acceptors (Lipinski definition) is 4. The maximum absolute atomic E-state index is 10.4. The summed E-state index contributed by atoms with van der Waals surface area (Å²) in [6, 6.07) is 0. The summed E-state index contributed by atoms with van der Waals surface area (Å²) >= 11 is 0. The van der Waals surface area contributed by atoms with Crippen LogP contribution in [0.2, 0.25) is 0 Å². The third-order valence-corrected chi connectivity index (χ3v) is 7.18. The first-order chi connectivity index (χ1) is 15.7. The van der Waals surface area contributed by atoms with Gasteiger partial charge < -0.3 is 10.2 Å². The summed E-state index contributed by atoms with van der Waals surface area (Å²) in [5, 5.41) is 20.7. The molecule has 1 rings (SSSR count). The zero-order chi connectivity index (χ0) is 23.3. The first kappa shape index (κ1) is 29.9. The summed E-state index contributed by atoms with van der Waals surface area (Å²) < 4.78 is 0. The van der Waals surface area contributed by atoms with E-state index < -0.39 is 0 Å². The zero-order valence-corrected chi connectivity index (χ0v) is 21.9. The van der Waals surface area contributed by atoms with Gasteiger partial charge in [0.1, 0.15) is 0 Å². The van der Waals surface area contributed by atoms with E-state index in [0.717, 1.165) is 58.5 Å². The molecule has 0 aromatic rings. The van der Waals surface area contributed by atoms with E-state index in [0.29, 0.717) is 0 Å². The molecule has 0 saturated carbocycles. The number of aliphatic hydroxyl groups is 2. The Morgan fingerprint density at radius 3 is 1.09 bits per heavy atom. The lowest BCUT2D eigenvalue weighted by atomic mass is 10.0. The Labute approximate surface area is 201 Å². The molecule has 0 spiro atoms. The molecule has 0 bridgehead atoms. The number of hydrogen-bond donors (Lipinski definition) is 2. The second kappa shape index (κ2) is 21.4. The molecular formula is C28H58N2O2. The van der Waals surface area contributed by atoms with Crippen LogP contribution in [0.25, 0.3) is 0 Å². The molecule has 1 saturated heterocycles. The molecule has 2 N–H and O–H groups in total. The van der Waals surface area contributed by atoms with Crippen LogP contribution in [0, 0.1) is 0 Å². The van der Waals surface area contributed by atoms with Crippen molar-refractivity contribution >= 4 is 0 Å². The maximum Gasteiger partial charge on any atom is 0.0667 e. The normalized spacial score (nSPS) is 17.6. The average molecular weight is 455 g/mol. The highest BCUT2D eigenvalue weighted by molar-refractivity contribution is 4.76. The molecule has 0 aromatic carbocycles. The molecule has 1 heterocycles. The molecule has 1 aliphatic heterocycles. The fraction of sp³-hybridized carbons (Fsp3) is 1.00. The lowest BCUT2D eigenvalue weighted by molar-refractivity contribution is 0.0434. The van der Waals surface area contributed by atoms with Crippen molar-refractivity contribution in [3.63, 3.8) is 0 Å². The smallest absolute Gasteiger partial charge is 0.0667 e. The highest BCUT2D eigenvalue weighted by Gasteiger charge is 2.20. The van der Waals surface area contributed by atoms with Crippen LogP contribution in [-0.2, 0) is 0 Å². The largest absolute Gasteiger partial charge is 0.392 e. The Bertz CT molecular complexity index is 386. The van der Waals surface area contributed by atoms with Gasteiger partial charge in [0.15, 0.2) is 0 Å². The first-order valence-corrected chi connectivity index (χ1v) is 14.5. The van der Waals surface area contributed by atoms with Crippen LogP contribution in [0.1, 0.15) is 129 Å². The molecule has 0 amide bonds. The van der Waals surface area contributed by atoms with Gasteiger partial charge in [-0.15, -0.1) is 0 Å². The maximum atomic E-state index is 10.4. The summed E-state index contributed by atoms with van der Waals surface area (Å²) in [7, 11) is 0. The molecule has 1 aliphatic rings. The SMILES string of the molecule is CCCCCCCCCCCCCCC(O)CN1CCN(CC(O)CCCCCC)CC1. The van der Waals surface area contributed by atoms with Gasteiger partial charge in [-0.05, 0) is 12.8 Å². The Morgan fingerprint density at radius 1 is 0.469 bits per heavy atom. The van der Waals surface area contributed by atoms with Crippen molar-refractivity contribution < 1.29 is 10.2 Å². The number of β-amino-alcohol motifs (C(OH)–C–C–N with tert-alkyl or cyclic N) is 2. The van der Waals surface area contributed by atoms with Crippen molar-refractivity contribution in [1.82, 2.24) is 9.80 Å². The molecule has 0 aliphatic carbocycles. The van der Waals surface area contributed by atoms with Crippen LogP contribution >= 0.6 is 0 Å². The van der Waals surface area contributed by atoms with Gasteiger partial charge >= 0.3 is 0 Å². The van der Waals surface area contributed by atoms with Crippen molar-refractivity contribution in [2.24, 2.45) is 0 Å². The van der Waals surface area contributed by atoms with Crippen LogP contribution in [0.4, 0.5) is 0 Å². The van der Waals surface area contributed by atoms with Gasteiger partial charge in [0, 0.05) is 39.3 Å². The van der Waals surface area contributed by atoms with Crippen LogP contribution in [0.15, 0.2) is 0 Å². The molecule has 2 atom stereocenters. The van der Waals surface area contributed by atoms with Crippen LogP contribution in [-0.4, -0.2) is 71.5 Å². The number of rotatable bonds is 22. The van der Waals surface area contributed by atoms with E-state index in [2.05, 4.69) is 23.6 Å². The monoisotopic (exact) mass is 454 g/mol. The van der Waals surface area contributed by atoms with Gasteiger partial charge in [-0.25, -0.2) is 0 Å². The molecular weight excluding hydrogens is 396 g/mol. The van der Waals surface area contributed by atoms with Crippen molar-refractivity contribution in [1.29, 1.82) is 0 Å². The summed E-state index contributed by atoms with van der Waals surface area (Å²) in [5.74, 6) is 0. The Kier molecular flexibility index (Phi) is 20.0. The lowest BCUT2D eigenvalue weighted by Crippen LogP contribution is -2.50. The Hall–Kier alpha value is -0.160. The lowest BCUT2D eigenvalue weighted by Gasteiger charge is -2.36. The van der Waals surface area contributed by atoms with Crippen molar-refractivity contribution in [2.75, 3.05) is 39.3 Å². The highest BCUT2D eigenvalue weighted by atomic mass is 16.3. The van der Waals surface area contributed by atoms with E-state index in [1.165, 1.54) is 96.3 Å². The topological polar surface area (TPSA) is 46.9 Å². The number of nitrogens with zero attached hydrogens (tertiary/aromatic N) is 2. The predicted molar refractivity (Wildman–Crippen MR) is 139 cm³/mol. The Balaban J connectivity index is 1.91. The minimum Gasteiger partial charge on any atom is -0.392 e. The summed E-state index contributed by atoms with van der Waals surface area (Å²) in [4.78, 5) is 4.81. The van der Waals surface area contributed by atoms with E-state index >= 15 is 0 Å².